The van der Waals surface area contributed by atoms with Crippen LogP contribution >= 0.6 is 11.8 Å². The highest BCUT2D eigenvalue weighted by Gasteiger charge is 2.02. The Hall–Kier alpha value is -1.61. The lowest BCUT2D eigenvalue weighted by atomic mass is 10.3. The maximum absolute atomic E-state index is 5.65. The van der Waals surface area contributed by atoms with Gasteiger partial charge < -0.3 is 9.47 Å². The molecule has 0 aliphatic heterocycles. The Labute approximate surface area is 131 Å². The Morgan fingerprint density at radius 2 is 0.952 bits per heavy atom. The van der Waals surface area contributed by atoms with Crippen molar-refractivity contribution in [2.75, 3.05) is 0 Å². The van der Waals surface area contributed by atoms with Gasteiger partial charge in [-0.2, -0.15) is 0 Å². The van der Waals surface area contributed by atoms with E-state index in [4.69, 9.17) is 9.47 Å². The van der Waals surface area contributed by atoms with Gasteiger partial charge >= 0.3 is 0 Å². The summed E-state index contributed by atoms with van der Waals surface area (Å²) in [5.74, 6) is 1.82. The predicted octanol–water partition coefficient (Wildman–Crippen LogP) is 5.41. The second-order valence-electron chi connectivity index (χ2n) is 5.38. The van der Waals surface area contributed by atoms with Gasteiger partial charge in [0, 0.05) is 9.79 Å². The first-order valence-electron chi connectivity index (χ1n) is 7.24. The Morgan fingerprint density at radius 3 is 1.24 bits per heavy atom. The maximum Gasteiger partial charge on any atom is 0.119 e. The molecule has 0 atom stereocenters. The molecule has 112 valence electrons. The largest absolute Gasteiger partial charge is 0.491 e. The van der Waals surface area contributed by atoms with E-state index in [-0.39, 0.29) is 12.2 Å². The molecule has 0 saturated heterocycles. The van der Waals surface area contributed by atoms with Crippen molar-refractivity contribution < 1.29 is 9.47 Å². The second-order valence-corrected chi connectivity index (χ2v) is 6.53. The molecule has 0 aromatic heterocycles. The first kappa shape index (κ1) is 15.8. The van der Waals surface area contributed by atoms with Crippen LogP contribution in [-0.2, 0) is 0 Å². The molecule has 0 saturated carbocycles. The van der Waals surface area contributed by atoms with E-state index in [2.05, 4.69) is 24.3 Å². The topological polar surface area (TPSA) is 18.5 Å². The molecule has 2 nitrogen and oxygen atoms in total. The fourth-order valence-corrected chi connectivity index (χ4v) is 2.67. The first-order chi connectivity index (χ1) is 10.0. The summed E-state index contributed by atoms with van der Waals surface area (Å²) in [6.45, 7) is 8.12. The molecule has 0 radical (unpaired) electrons. The molecular formula is C18H22O2S. The van der Waals surface area contributed by atoms with E-state index in [1.165, 1.54) is 9.79 Å². The molecule has 2 aromatic carbocycles. The van der Waals surface area contributed by atoms with Gasteiger partial charge in [0.05, 0.1) is 12.2 Å². The lowest BCUT2D eigenvalue weighted by molar-refractivity contribution is 0.242. The van der Waals surface area contributed by atoms with Gasteiger partial charge in [-0.15, -0.1) is 0 Å². The summed E-state index contributed by atoms with van der Waals surface area (Å²) in [6, 6.07) is 16.4. The van der Waals surface area contributed by atoms with Crippen LogP contribution in [0.25, 0.3) is 0 Å². The zero-order valence-electron chi connectivity index (χ0n) is 13.0. The molecule has 0 aliphatic carbocycles. The van der Waals surface area contributed by atoms with E-state index >= 15 is 0 Å². The molecule has 0 unspecified atom stereocenters. The van der Waals surface area contributed by atoms with Crippen LogP contribution in [0.1, 0.15) is 27.7 Å². The zero-order valence-corrected chi connectivity index (χ0v) is 13.8. The Balaban J connectivity index is 1.97. The van der Waals surface area contributed by atoms with Gasteiger partial charge in [-0.25, -0.2) is 0 Å². The quantitative estimate of drug-likeness (QED) is 0.710. The lowest BCUT2D eigenvalue weighted by Gasteiger charge is -2.11. The third kappa shape index (κ3) is 5.35. The second kappa shape index (κ2) is 7.41. The molecule has 21 heavy (non-hydrogen) atoms. The molecule has 0 spiro atoms. The highest BCUT2D eigenvalue weighted by Crippen LogP contribution is 2.30. The third-order valence-corrected chi connectivity index (χ3v) is 3.64. The van der Waals surface area contributed by atoms with Crippen LogP contribution in [-0.4, -0.2) is 12.2 Å². The van der Waals surface area contributed by atoms with Gasteiger partial charge in [-0.3, -0.25) is 0 Å². The van der Waals surface area contributed by atoms with Crippen molar-refractivity contribution in [3.8, 4) is 11.5 Å². The maximum atomic E-state index is 5.65. The van der Waals surface area contributed by atoms with E-state index in [9.17, 15) is 0 Å². The van der Waals surface area contributed by atoms with E-state index in [0.29, 0.717) is 0 Å². The lowest BCUT2D eigenvalue weighted by Crippen LogP contribution is -2.05. The summed E-state index contributed by atoms with van der Waals surface area (Å²) >= 11 is 1.73. The molecule has 0 fully saturated rings. The van der Waals surface area contributed by atoms with Crippen molar-refractivity contribution in [1.29, 1.82) is 0 Å². The van der Waals surface area contributed by atoms with Crippen molar-refractivity contribution in [3.63, 3.8) is 0 Å². The molecule has 0 bridgehead atoms. The predicted molar refractivity (Wildman–Crippen MR) is 88.5 cm³/mol. The van der Waals surface area contributed by atoms with Gasteiger partial charge in [0.1, 0.15) is 11.5 Å². The summed E-state index contributed by atoms with van der Waals surface area (Å²) in [4.78, 5) is 2.40. The first-order valence-corrected chi connectivity index (χ1v) is 8.06. The van der Waals surface area contributed by atoms with E-state index in [0.717, 1.165) is 11.5 Å². The fraction of sp³-hybridized carbons (Fsp3) is 0.333. The molecule has 0 amide bonds. The number of hydrogen-bond acceptors (Lipinski definition) is 3. The standard InChI is InChI=1S/C18H22O2S/c1-13(2)19-15-5-9-17(10-6-15)21-18-11-7-16(8-12-18)20-14(3)4/h5-14H,1-4H3. The smallest absolute Gasteiger partial charge is 0.119 e. The molecule has 2 rings (SSSR count). The van der Waals surface area contributed by atoms with Crippen molar-refractivity contribution in [2.24, 2.45) is 0 Å². The highest BCUT2D eigenvalue weighted by atomic mass is 32.2. The average Bonchev–Trinajstić information content (AvgIpc) is 2.42. The Kier molecular flexibility index (Phi) is 5.57. The summed E-state index contributed by atoms with van der Waals surface area (Å²) in [6.07, 6.45) is 0.411. The van der Waals surface area contributed by atoms with E-state index in [1.54, 1.807) is 11.8 Å². The van der Waals surface area contributed by atoms with Crippen molar-refractivity contribution in [2.45, 2.75) is 49.7 Å². The third-order valence-electron chi connectivity index (χ3n) is 2.63. The monoisotopic (exact) mass is 302 g/mol. The van der Waals surface area contributed by atoms with Crippen molar-refractivity contribution in [1.82, 2.24) is 0 Å². The van der Waals surface area contributed by atoms with Crippen molar-refractivity contribution >= 4 is 11.8 Å². The molecule has 0 N–H and O–H groups in total. The number of hydrogen-bond donors (Lipinski definition) is 0. The summed E-state index contributed by atoms with van der Waals surface area (Å²) in [5, 5.41) is 0. The fourth-order valence-electron chi connectivity index (χ4n) is 1.85. The van der Waals surface area contributed by atoms with Crippen molar-refractivity contribution in [3.05, 3.63) is 48.5 Å². The van der Waals surface area contributed by atoms with Crippen LogP contribution in [0.3, 0.4) is 0 Å². The normalized spacial score (nSPS) is 11.0. The number of benzene rings is 2. The highest BCUT2D eigenvalue weighted by molar-refractivity contribution is 7.99. The number of ether oxygens (including phenoxy) is 2. The van der Waals surface area contributed by atoms with Gasteiger partial charge in [0.25, 0.3) is 0 Å². The minimum Gasteiger partial charge on any atom is -0.491 e. The van der Waals surface area contributed by atoms with Gasteiger partial charge in [-0.1, -0.05) is 11.8 Å². The van der Waals surface area contributed by atoms with Gasteiger partial charge in [0.15, 0.2) is 0 Å². The van der Waals surface area contributed by atoms with Crippen LogP contribution < -0.4 is 9.47 Å². The molecule has 0 heterocycles. The molecule has 2 aromatic rings. The van der Waals surface area contributed by atoms with Crippen LogP contribution in [0, 0.1) is 0 Å². The summed E-state index contributed by atoms with van der Waals surface area (Å²) in [7, 11) is 0. The zero-order chi connectivity index (χ0) is 15.2. The Morgan fingerprint density at radius 1 is 0.619 bits per heavy atom. The van der Waals surface area contributed by atoms with E-state index < -0.39 is 0 Å². The minimum atomic E-state index is 0.206. The minimum absolute atomic E-state index is 0.206. The summed E-state index contributed by atoms with van der Waals surface area (Å²) < 4.78 is 11.3. The SMILES string of the molecule is CC(C)Oc1ccc(Sc2ccc(OC(C)C)cc2)cc1. The molecule has 0 aliphatic rings. The average molecular weight is 302 g/mol. The molecular weight excluding hydrogens is 280 g/mol. The Bertz CT molecular complexity index is 493. The van der Waals surface area contributed by atoms with Crippen LogP contribution in [0.15, 0.2) is 58.3 Å². The molecule has 3 heteroatoms. The summed E-state index contributed by atoms with van der Waals surface area (Å²) in [5.41, 5.74) is 0. The van der Waals surface area contributed by atoms with Crippen LogP contribution in [0.2, 0.25) is 0 Å². The van der Waals surface area contributed by atoms with Gasteiger partial charge in [0.2, 0.25) is 0 Å². The van der Waals surface area contributed by atoms with Crippen LogP contribution in [0.4, 0.5) is 0 Å². The van der Waals surface area contributed by atoms with E-state index in [1.807, 2.05) is 52.0 Å². The van der Waals surface area contributed by atoms with Crippen LogP contribution in [0.5, 0.6) is 11.5 Å². The van der Waals surface area contributed by atoms with Gasteiger partial charge in [-0.05, 0) is 76.2 Å². The number of rotatable bonds is 6.